The van der Waals surface area contributed by atoms with Gasteiger partial charge in [0.1, 0.15) is 12.0 Å². The Balaban J connectivity index is 1.79. The van der Waals surface area contributed by atoms with Gasteiger partial charge in [-0.3, -0.25) is 4.79 Å². The van der Waals surface area contributed by atoms with E-state index in [1.807, 2.05) is 0 Å². The van der Waals surface area contributed by atoms with E-state index in [0.29, 0.717) is 23.7 Å². The predicted molar refractivity (Wildman–Crippen MR) is 106 cm³/mol. The minimum Gasteiger partial charge on any atom is -0.484 e. The second kappa shape index (κ2) is 6.34. The minimum atomic E-state index is -1.54. The third kappa shape index (κ3) is 2.57. The summed E-state index contributed by atoms with van der Waals surface area (Å²) in [6, 6.07) is 0. The van der Waals surface area contributed by atoms with Crippen LogP contribution in [-0.2, 0) is 28.5 Å². The molecule has 4 aliphatic rings. The summed E-state index contributed by atoms with van der Waals surface area (Å²) in [6.07, 6.45) is 5.45. The maximum absolute atomic E-state index is 12.9. The van der Waals surface area contributed by atoms with E-state index in [1.54, 1.807) is 0 Å². The second-order valence-corrected chi connectivity index (χ2v) is 9.80. The van der Waals surface area contributed by atoms with E-state index in [0.717, 1.165) is 32.1 Å². The number of methoxy groups -OCH3 is 2. The van der Waals surface area contributed by atoms with Crippen molar-refractivity contribution in [2.24, 2.45) is 16.7 Å². The zero-order valence-electron chi connectivity index (χ0n) is 18.2. The summed E-state index contributed by atoms with van der Waals surface area (Å²) in [5, 5.41) is 0. The van der Waals surface area contributed by atoms with Gasteiger partial charge in [-0.25, -0.2) is 4.79 Å². The summed E-state index contributed by atoms with van der Waals surface area (Å²) in [5.41, 5.74) is 1.15. The van der Waals surface area contributed by atoms with E-state index in [1.165, 1.54) is 19.8 Å². The molecule has 2 aliphatic heterocycles. The molecule has 0 saturated heterocycles. The number of allylic oxidation sites excluding steroid dienone is 1. The maximum Gasteiger partial charge on any atom is 0.340 e. The monoisotopic (exact) mass is 404 g/mol. The first kappa shape index (κ1) is 20.5. The highest BCUT2D eigenvalue weighted by Crippen LogP contribution is 2.68. The third-order valence-corrected chi connectivity index (χ3v) is 8.58. The SMILES string of the molecule is C=C1CCC[C@H]2[C@]3(C)CC4=C(O[C@]3(C)CC[C@]12C)[C@](CC(=O)OC)(OC)OC4=O. The fourth-order valence-electron chi connectivity index (χ4n) is 6.42. The molecule has 0 N–H and O–H groups in total. The molecule has 160 valence electrons. The molecule has 0 aromatic rings. The summed E-state index contributed by atoms with van der Waals surface area (Å²) in [4.78, 5) is 24.9. The van der Waals surface area contributed by atoms with Crippen molar-refractivity contribution in [1.82, 2.24) is 0 Å². The summed E-state index contributed by atoms with van der Waals surface area (Å²) in [5.74, 6) is -1.80. The molecule has 6 heteroatoms. The predicted octanol–water partition coefficient (Wildman–Crippen LogP) is 4.04. The number of cyclic esters (lactones) is 1. The first-order chi connectivity index (χ1) is 13.6. The molecule has 29 heavy (non-hydrogen) atoms. The normalized spacial score (nSPS) is 43.7. The van der Waals surface area contributed by atoms with Crippen LogP contribution in [0, 0.1) is 16.7 Å². The van der Waals surface area contributed by atoms with E-state index in [-0.39, 0.29) is 17.3 Å². The van der Waals surface area contributed by atoms with Crippen LogP contribution in [0.2, 0.25) is 0 Å². The van der Waals surface area contributed by atoms with Crippen molar-refractivity contribution >= 4 is 11.9 Å². The lowest BCUT2D eigenvalue weighted by Crippen LogP contribution is -2.62. The van der Waals surface area contributed by atoms with Crippen LogP contribution >= 0.6 is 0 Å². The van der Waals surface area contributed by atoms with Crippen molar-refractivity contribution in [3.63, 3.8) is 0 Å². The smallest absolute Gasteiger partial charge is 0.340 e. The van der Waals surface area contributed by atoms with Gasteiger partial charge in [0.05, 0.1) is 12.7 Å². The first-order valence-electron chi connectivity index (χ1n) is 10.5. The van der Waals surface area contributed by atoms with Gasteiger partial charge in [0.25, 0.3) is 5.79 Å². The van der Waals surface area contributed by atoms with Crippen LogP contribution in [0.4, 0.5) is 0 Å². The average molecular weight is 405 g/mol. The topological polar surface area (TPSA) is 71.1 Å². The lowest BCUT2D eigenvalue weighted by molar-refractivity contribution is -0.240. The number of carbonyl (C=O) groups excluding carboxylic acids is 2. The number of hydrogen-bond acceptors (Lipinski definition) is 6. The molecule has 5 atom stereocenters. The highest BCUT2D eigenvalue weighted by molar-refractivity contribution is 5.93. The molecule has 0 bridgehead atoms. The van der Waals surface area contributed by atoms with Crippen molar-refractivity contribution in [3.05, 3.63) is 23.5 Å². The fourth-order valence-corrected chi connectivity index (χ4v) is 6.42. The quantitative estimate of drug-likeness (QED) is 0.522. The Labute approximate surface area is 172 Å². The Morgan fingerprint density at radius 1 is 1.21 bits per heavy atom. The Morgan fingerprint density at radius 2 is 1.93 bits per heavy atom. The van der Waals surface area contributed by atoms with E-state index in [4.69, 9.17) is 18.9 Å². The Morgan fingerprint density at radius 3 is 2.59 bits per heavy atom. The van der Waals surface area contributed by atoms with Crippen molar-refractivity contribution in [3.8, 4) is 0 Å². The minimum absolute atomic E-state index is 0.0564. The van der Waals surface area contributed by atoms with Crippen LogP contribution in [0.5, 0.6) is 0 Å². The van der Waals surface area contributed by atoms with Gasteiger partial charge in [-0.2, -0.15) is 0 Å². The molecule has 2 saturated carbocycles. The molecular weight excluding hydrogens is 372 g/mol. The lowest BCUT2D eigenvalue weighted by Gasteiger charge is -2.64. The molecule has 2 heterocycles. The molecule has 0 spiro atoms. The maximum atomic E-state index is 12.9. The molecule has 6 nitrogen and oxygen atoms in total. The molecule has 0 amide bonds. The van der Waals surface area contributed by atoms with Crippen LogP contribution in [0.1, 0.15) is 65.7 Å². The lowest BCUT2D eigenvalue weighted by atomic mass is 9.44. The average Bonchev–Trinajstić information content (AvgIpc) is 2.93. The Bertz CT molecular complexity index is 814. The number of hydrogen-bond donors (Lipinski definition) is 0. The number of ether oxygens (including phenoxy) is 4. The zero-order valence-corrected chi connectivity index (χ0v) is 18.2. The van der Waals surface area contributed by atoms with Crippen LogP contribution in [0.25, 0.3) is 0 Å². The number of carbonyl (C=O) groups is 2. The van der Waals surface area contributed by atoms with Gasteiger partial charge in [0, 0.05) is 12.5 Å². The molecule has 0 aromatic heterocycles. The van der Waals surface area contributed by atoms with Crippen LogP contribution in [0.15, 0.2) is 23.5 Å². The second-order valence-electron chi connectivity index (χ2n) is 9.80. The van der Waals surface area contributed by atoms with Gasteiger partial charge in [-0.05, 0) is 56.8 Å². The van der Waals surface area contributed by atoms with Crippen molar-refractivity contribution < 1.29 is 28.5 Å². The molecule has 0 radical (unpaired) electrons. The number of fused-ring (bicyclic) bond motifs is 3. The summed E-state index contributed by atoms with van der Waals surface area (Å²) >= 11 is 0. The van der Waals surface area contributed by atoms with Gasteiger partial charge >= 0.3 is 11.9 Å². The first-order valence-corrected chi connectivity index (χ1v) is 10.5. The summed E-state index contributed by atoms with van der Waals surface area (Å²) in [6.45, 7) is 11.1. The Kier molecular flexibility index (Phi) is 4.47. The van der Waals surface area contributed by atoms with Crippen molar-refractivity contribution in [2.45, 2.75) is 77.1 Å². The number of esters is 2. The zero-order chi connectivity index (χ0) is 21.2. The largest absolute Gasteiger partial charge is 0.484 e. The van der Waals surface area contributed by atoms with Gasteiger partial charge in [-0.15, -0.1) is 0 Å². The Hall–Kier alpha value is -1.82. The van der Waals surface area contributed by atoms with Gasteiger partial charge in [0.2, 0.25) is 0 Å². The molecule has 2 aliphatic carbocycles. The molecule has 4 rings (SSSR count). The molecule has 0 unspecified atom stereocenters. The molecule has 0 aromatic carbocycles. The number of rotatable bonds is 3. The van der Waals surface area contributed by atoms with E-state index in [9.17, 15) is 9.59 Å². The summed E-state index contributed by atoms with van der Waals surface area (Å²) in [7, 11) is 2.73. The molecule has 2 fully saturated rings. The van der Waals surface area contributed by atoms with Crippen molar-refractivity contribution in [2.75, 3.05) is 14.2 Å². The third-order valence-electron chi connectivity index (χ3n) is 8.58. The molecular formula is C23H32O6. The summed E-state index contributed by atoms with van der Waals surface area (Å²) < 4.78 is 22.6. The van der Waals surface area contributed by atoms with Crippen LogP contribution in [0.3, 0.4) is 0 Å². The standard InChI is InChI=1S/C23H32O6/c1-14-8-7-9-16-20(14,2)10-11-22(4)21(16,3)12-15-18(28-22)23(27-6,29-19(15)25)13-17(24)26-5/h16H,1,7-13H2,2-6H3/t16-,20-,21+,22-,23-/m1/s1. The highest BCUT2D eigenvalue weighted by Gasteiger charge is 2.67. The van der Waals surface area contributed by atoms with Crippen LogP contribution in [-0.4, -0.2) is 37.5 Å². The van der Waals surface area contributed by atoms with E-state index >= 15 is 0 Å². The van der Waals surface area contributed by atoms with E-state index < -0.39 is 23.3 Å². The van der Waals surface area contributed by atoms with Gasteiger partial charge in [-0.1, -0.05) is 26.0 Å². The van der Waals surface area contributed by atoms with Gasteiger partial charge < -0.3 is 18.9 Å². The highest BCUT2D eigenvalue weighted by atomic mass is 16.7. The van der Waals surface area contributed by atoms with Crippen LogP contribution < -0.4 is 0 Å². The van der Waals surface area contributed by atoms with E-state index in [2.05, 4.69) is 27.4 Å². The van der Waals surface area contributed by atoms with Crippen molar-refractivity contribution in [1.29, 1.82) is 0 Å². The fraction of sp³-hybridized carbons (Fsp3) is 0.739. The van der Waals surface area contributed by atoms with Gasteiger partial charge in [0.15, 0.2) is 5.76 Å².